The number of amides is 1. The van der Waals surface area contributed by atoms with Gasteiger partial charge >= 0.3 is 0 Å². The van der Waals surface area contributed by atoms with Crippen molar-refractivity contribution in [2.75, 3.05) is 19.5 Å². The molecule has 0 aliphatic rings. The third-order valence-corrected chi connectivity index (χ3v) is 3.74. The molecule has 5 nitrogen and oxygen atoms in total. The highest BCUT2D eigenvalue weighted by Crippen LogP contribution is 2.28. The van der Waals surface area contributed by atoms with Gasteiger partial charge in [0.15, 0.2) is 0 Å². The van der Waals surface area contributed by atoms with Crippen LogP contribution in [0.5, 0.6) is 11.5 Å². The van der Waals surface area contributed by atoms with Crippen LogP contribution in [-0.2, 0) is 6.54 Å². The van der Waals surface area contributed by atoms with Crippen molar-refractivity contribution < 1.29 is 14.3 Å². The number of nitrogens with two attached hydrogens (primary N) is 1. The fourth-order valence-corrected chi connectivity index (χ4v) is 2.28. The van der Waals surface area contributed by atoms with E-state index >= 15 is 0 Å². The second-order valence-corrected chi connectivity index (χ2v) is 5.66. The number of halogens is 2. The minimum absolute atomic E-state index is 0. The minimum atomic E-state index is -0.278. The fraction of sp³-hybridized carbons (Fsp3) is 0.278. The first kappa shape index (κ1) is 20.9. The largest absolute Gasteiger partial charge is 0.496 e. The smallest absolute Gasteiger partial charge is 0.255 e. The van der Waals surface area contributed by atoms with Gasteiger partial charge in [-0.2, -0.15) is 0 Å². The second kappa shape index (κ2) is 10.0. The number of benzene rings is 2. The fourth-order valence-electron chi connectivity index (χ4n) is 2.12. The van der Waals surface area contributed by atoms with Crippen LogP contribution in [0.3, 0.4) is 0 Å². The summed E-state index contributed by atoms with van der Waals surface area (Å²) in [5.74, 6) is 0.927. The summed E-state index contributed by atoms with van der Waals surface area (Å²) in [4.78, 5) is 12.4. The zero-order valence-electron chi connectivity index (χ0n) is 14.2. The molecule has 0 atom stereocenters. The van der Waals surface area contributed by atoms with Gasteiger partial charge in [0.25, 0.3) is 5.91 Å². The lowest BCUT2D eigenvalue weighted by Crippen LogP contribution is -2.23. The van der Waals surface area contributed by atoms with E-state index in [1.54, 1.807) is 0 Å². The lowest BCUT2D eigenvalue weighted by atomic mass is 10.1. The van der Waals surface area contributed by atoms with E-state index in [0.717, 1.165) is 17.7 Å². The monoisotopic (exact) mass is 384 g/mol. The summed E-state index contributed by atoms with van der Waals surface area (Å²) >= 11 is 5.99. The van der Waals surface area contributed by atoms with Crippen LogP contribution in [0.15, 0.2) is 36.4 Å². The number of ether oxygens (including phenoxy) is 2. The Balaban J connectivity index is 0.00000312. The summed E-state index contributed by atoms with van der Waals surface area (Å²) in [6.45, 7) is 3.13. The topological polar surface area (TPSA) is 73.6 Å². The van der Waals surface area contributed by atoms with Crippen LogP contribution >= 0.6 is 24.0 Å². The van der Waals surface area contributed by atoms with Crippen LogP contribution in [-0.4, -0.2) is 19.6 Å². The quantitative estimate of drug-likeness (QED) is 0.705. The van der Waals surface area contributed by atoms with E-state index in [1.807, 2.05) is 24.3 Å². The maximum atomic E-state index is 12.4. The number of rotatable bonds is 7. The minimum Gasteiger partial charge on any atom is -0.496 e. The predicted octanol–water partition coefficient (Wildman–Crippen LogP) is 4.07. The molecule has 2 rings (SSSR count). The average molecular weight is 385 g/mol. The zero-order valence-corrected chi connectivity index (χ0v) is 15.7. The molecule has 2 aromatic rings. The maximum Gasteiger partial charge on any atom is 0.255 e. The van der Waals surface area contributed by atoms with Crippen molar-refractivity contribution in [1.29, 1.82) is 0 Å². The molecule has 0 aromatic heterocycles. The van der Waals surface area contributed by atoms with Gasteiger partial charge in [0.05, 0.1) is 30.0 Å². The molecule has 0 heterocycles. The number of carbonyl (C=O) groups excluding carboxylic acids is 1. The summed E-state index contributed by atoms with van der Waals surface area (Å²) in [6, 6.07) is 10.6. The summed E-state index contributed by atoms with van der Waals surface area (Å²) < 4.78 is 10.7. The van der Waals surface area contributed by atoms with E-state index < -0.39 is 0 Å². The Morgan fingerprint density at radius 2 is 1.92 bits per heavy atom. The highest BCUT2D eigenvalue weighted by Gasteiger charge is 2.14. The summed E-state index contributed by atoms with van der Waals surface area (Å²) in [5, 5.41) is 3.16. The number of nitrogen functional groups attached to an aromatic ring is 1. The number of nitrogens with one attached hydrogen (secondary N) is 1. The Kier molecular flexibility index (Phi) is 8.38. The molecular formula is C18H22Cl2N2O3. The van der Waals surface area contributed by atoms with Crippen LogP contribution in [0.1, 0.15) is 29.3 Å². The summed E-state index contributed by atoms with van der Waals surface area (Å²) in [7, 11) is 1.48. The van der Waals surface area contributed by atoms with Crippen LogP contribution in [0, 0.1) is 0 Å². The normalized spacial score (nSPS) is 9.88. The van der Waals surface area contributed by atoms with Crippen molar-refractivity contribution in [2.24, 2.45) is 0 Å². The predicted molar refractivity (Wildman–Crippen MR) is 103 cm³/mol. The van der Waals surface area contributed by atoms with Crippen molar-refractivity contribution >= 4 is 35.6 Å². The summed E-state index contributed by atoms with van der Waals surface area (Å²) in [5.41, 5.74) is 7.40. The third-order valence-electron chi connectivity index (χ3n) is 3.41. The standard InChI is InChI=1S/C18H21ClN2O3.ClH/c1-3-8-24-13-6-4-12(5-7-13)11-21-18(22)14-9-15(19)16(20)10-17(14)23-2;/h4-7,9-10H,3,8,11,20H2,1-2H3,(H,21,22);1H. The van der Waals surface area contributed by atoms with Gasteiger partial charge < -0.3 is 20.5 Å². The first-order valence-electron chi connectivity index (χ1n) is 7.68. The van der Waals surface area contributed by atoms with Crippen LogP contribution in [0.2, 0.25) is 5.02 Å². The average Bonchev–Trinajstić information content (AvgIpc) is 2.60. The lowest BCUT2D eigenvalue weighted by molar-refractivity contribution is 0.0948. The van der Waals surface area contributed by atoms with Gasteiger partial charge in [-0.05, 0) is 30.2 Å². The van der Waals surface area contributed by atoms with Gasteiger partial charge in [-0.15, -0.1) is 12.4 Å². The molecular weight excluding hydrogens is 363 g/mol. The molecule has 1 amide bonds. The molecule has 0 aliphatic heterocycles. The molecule has 136 valence electrons. The lowest BCUT2D eigenvalue weighted by Gasteiger charge is -2.11. The molecule has 0 fully saturated rings. The molecule has 25 heavy (non-hydrogen) atoms. The Bertz CT molecular complexity index is 706. The molecule has 0 bridgehead atoms. The van der Waals surface area contributed by atoms with Gasteiger partial charge in [0, 0.05) is 12.6 Å². The van der Waals surface area contributed by atoms with Crippen molar-refractivity contribution in [3.8, 4) is 11.5 Å². The first-order valence-corrected chi connectivity index (χ1v) is 8.06. The third kappa shape index (κ3) is 5.73. The van der Waals surface area contributed by atoms with Gasteiger partial charge in [-0.3, -0.25) is 4.79 Å². The number of hydrogen-bond donors (Lipinski definition) is 2. The first-order chi connectivity index (χ1) is 11.5. The molecule has 0 unspecified atom stereocenters. The van der Waals surface area contributed by atoms with Crippen LogP contribution < -0.4 is 20.5 Å². The number of hydrogen-bond acceptors (Lipinski definition) is 4. The van der Waals surface area contributed by atoms with Gasteiger partial charge in [0.1, 0.15) is 11.5 Å². The Labute approximate surface area is 158 Å². The molecule has 0 aliphatic carbocycles. The highest BCUT2D eigenvalue weighted by atomic mass is 35.5. The van der Waals surface area contributed by atoms with Gasteiger partial charge in [0.2, 0.25) is 0 Å². The Morgan fingerprint density at radius 3 is 2.52 bits per heavy atom. The summed E-state index contributed by atoms with van der Waals surface area (Å²) in [6.07, 6.45) is 0.962. The molecule has 0 saturated carbocycles. The van der Waals surface area contributed by atoms with E-state index in [1.165, 1.54) is 19.2 Å². The molecule has 0 spiro atoms. The molecule has 2 aromatic carbocycles. The van der Waals surface area contributed by atoms with E-state index in [4.69, 9.17) is 26.8 Å². The van der Waals surface area contributed by atoms with E-state index in [0.29, 0.717) is 35.2 Å². The molecule has 3 N–H and O–H groups in total. The van der Waals surface area contributed by atoms with E-state index in [2.05, 4.69) is 12.2 Å². The Morgan fingerprint density at radius 1 is 1.24 bits per heavy atom. The van der Waals surface area contributed by atoms with Crippen molar-refractivity contribution in [2.45, 2.75) is 19.9 Å². The Hall–Kier alpha value is -2.11. The van der Waals surface area contributed by atoms with E-state index in [9.17, 15) is 4.79 Å². The number of methoxy groups -OCH3 is 1. The zero-order chi connectivity index (χ0) is 17.5. The number of carbonyl (C=O) groups is 1. The SMILES string of the molecule is CCCOc1ccc(CNC(=O)c2cc(Cl)c(N)cc2OC)cc1.Cl. The van der Waals surface area contributed by atoms with Gasteiger partial charge in [-0.1, -0.05) is 30.7 Å². The maximum absolute atomic E-state index is 12.4. The van der Waals surface area contributed by atoms with Crippen molar-refractivity contribution in [3.05, 3.63) is 52.5 Å². The van der Waals surface area contributed by atoms with Crippen molar-refractivity contribution in [1.82, 2.24) is 5.32 Å². The second-order valence-electron chi connectivity index (χ2n) is 5.25. The van der Waals surface area contributed by atoms with Crippen LogP contribution in [0.4, 0.5) is 5.69 Å². The molecule has 0 radical (unpaired) electrons. The molecule has 0 saturated heterocycles. The van der Waals surface area contributed by atoms with Crippen molar-refractivity contribution in [3.63, 3.8) is 0 Å². The number of anilines is 1. The van der Waals surface area contributed by atoms with Crippen LogP contribution in [0.25, 0.3) is 0 Å². The highest BCUT2D eigenvalue weighted by molar-refractivity contribution is 6.33. The van der Waals surface area contributed by atoms with Gasteiger partial charge in [-0.25, -0.2) is 0 Å². The molecule has 7 heteroatoms. The van der Waals surface area contributed by atoms with E-state index in [-0.39, 0.29) is 18.3 Å².